The first kappa shape index (κ1) is 20.7. The third-order valence-electron chi connectivity index (χ3n) is 3.27. The molecule has 5 nitrogen and oxygen atoms in total. The molecule has 22 heavy (non-hydrogen) atoms. The van der Waals surface area contributed by atoms with Crippen molar-refractivity contribution in [3.63, 3.8) is 0 Å². The molecule has 0 fully saturated rings. The minimum absolute atomic E-state index is 0. The lowest BCUT2D eigenvalue weighted by Gasteiger charge is -2.15. The van der Waals surface area contributed by atoms with Crippen LogP contribution >= 0.6 is 12.4 Å². The van der Waals surface area contributed by atoms with Gasteiger partial charge >= 0.3 is 0 Å². The molecule has 0 aliphatic carbocycles. The third-order valence-corrected chi connectivity index (χ3v) is 3.27. The van der Waals surface area contributed by atoms with Crippen LogP contribution in [0.1, 0.15) is 24.8 Å². The van der Waals surface area contributed by atoms with Crippen molar-refractivity contribution >= 4 is 18.3 Å². The van der Waals surface area contributed by atoms with Gasteiger partial charge in [0.05, 0.1) is 13.7 Å². The Bertz CT molecular complexity index is 430. The third kappa shape index (κ3) is 7.64. The van der Waals surface area contributed by atoms with Crippen LogP contribution in [0.15, 0.2) is 24.3 Å². The fraction of sp³-hybridized carbons (Fsp3) is 0.562. The van der Waals surface area contributed by atoms with Gasteiger partial charge in [0.25, 0.3) is 0 Å². The Morgan fingerprint density at radius 3 is 2.59 bits per heavy atom. The second-order valence-electron chi connectivity index (χ2n) is 4.94. The van der Waals surface area contributed by atoms with Gasteiger partial charge in [-0.25, -0.2) is 0 Å². The molecule has 1 aromatic rings. The summed E-state index contributed by atoms with van der Waals surface area (Å²) in [4.78, 5) is 11.9. The normalized spacial score (nSPS) is 11.4. The molecule has 0 radical (unpaired) electrons. The highest BCUT2D eigenvalue weighted by molar-refractivity contribution is 5.85. The van der Waals surface area contributed by atoms with Gasteiger partial charge in [-0.15, -0.1) is 12.4 Å². The van der Waals surface area contributed by atoms with E-state index in [4.69, 9.17) is 9.47 Å². The molecule has 1 aromatic carbocycles. The minimum atomic E-state index is 0. The zero-order valence-electron chi connectivity index (χ0n) is 13.6. The first-order valence-corrected chi connectivity index (χ1v) is 7.28. The van der Waals surface area contributed by atoms with Crippen LogP contribution in [0.4, 0.5) is 0 Å². The van der Waals surface area contributed by atoms with Crippen molar-refractivity contribution < 1.29 is 14.3 Å². The SMILES string of the molecule is COCCNCCNC(=O)CC(C)c1ccccc1OC.Cl. The molecule has 0 heterocycles. The van der Waals surface area contributed by atoms with Crippen LogP contribution in [0.5, 0.6) is 5.75 Å². The Morgan fingerprint density at radius 1 is 1.18 bits per heavy atom. The maximum absolute atomic E-state index is 11.9. The van der Waals surface area contributed by atoms with Gasteiger partial charge < -0.3 is 20.1 Å². The minimum Gasteiger partial charge on any atom is -0.496 e. The zero-order chi connectivity index (χ0) is 15.5. The van der Waals surface area contributed by atoms with Crippen LogP contribution in [0, 0.1) is 0 Å². The van der Waals surface area contributed by atoms with Crippen molar-refractivity contribution in [2.45, 2.75) is 19.3 Å². The molecule has 0 aromatic heterocycles. The van der Waals surface area contributed by atoms with Crippen molar-refractivity contribution in [1.29, 1.82) is 0 Å². The van der Waals surface area contributed by atoms with Crippen LogP contribution in [-0.2, 0) is 9.53 Å². The molecule has 0 saturated carbocycles. The number of amides is 1. The Labute approximate surface area is 139 Å². The van der Waals surface area contributed by atoms with E-state index >= 15 is 0 Å². The summed E-state index contributed by atoms with van der Waals surface area (Å²) in [5, 5.41) is 6.10. The number of hydrogen-bond donors (Lipinski definition) is 2. The summed E-state index contributed by atoms with van der Waals surface area (Å²) in [6, 6.07) is 7.82. The van der Waals surface area contributed by atoms with E-state index in [-0.39, 0.29) is 24.2 Å². The van der Waals surface area contributed by atoms with Crippen LogP contribution < -0.4 is 15.4 Å². The number of halogens is 1. The van der Waals surface area contributed by atoms with Crippen molar-refractivity contribution in [3.8, 4) is 5.75 Å². The van der Waals surface area contributed by atoms with Gasteiger partial charge in [-0.1, -0.05) is 25.1 Å². The highest BCUT2D eigenvalue weighted by atomic mass is 35.5. The lowest BCUT2D eigenvalue weighted by molar-refractivity contribution is -0.121. The molecular formula is C16H27ClN2O3. The zero-order valence-corrected chi connectivity index (χ0v) is 14.4. The van der Waals surface area contributed by atoms with E-state index in [1.54, 1.807) is 14.2 Å². The highest BCUT2D eigenvalue weighted by Gasteiger charge is 2.14. The number of rotatable bonds is 10. The summed E-state index contributed by atoms with van der Waals surface area (Å²) < 4.78 is 10.3. The fourth-order valence-corrected chi connectivity index (χ4v) is 2.12. The van der Waals surface area contributed by atoms with E-state index in [9.17, 15) is 4.79 Å². The monoisotopic (exact) mass is 330 g/mol. The van der Waals surface area contributed by atoms with Gasteiger partial charge in [0.15, 0.2) is 0 Å². The maximum atomic E-state index is 11.9. The largest absolute Gasteiger partial charge is 0.496 e. The molecule has 0 bridgehead atoms. The quantitative estimate of drug-likeness (QED) is 0.644. The van der Waals surface area contributed by atoms with Crippen molar-refractivity contribution in [1.82, 2.24) is 10.6 Å². The molecule has 0 aliphatic rings. The summed E-state index contributed by atoms with van der Waals surface area (Å²) in [6.45, 7) is 4.89. The van der Waals surface area contributed by atoms with E-state index in [0.717, 1.165) is 24.4 Å². The number of carbonyl (C=O) groups is 1. The second-order valence-corrected chi connectivity index (χ2v) is 4.94. The number of benzene rings is 1. The summed E-state index contributed by atoms with van der Waals surface area (Å²) in [5.41, 5.74) is 1.06. The summed E-state index contributed by atoms with van der Waals surface area (Å²) in [7, 11) is 3.32. The predicted molar refractivity (Wildman–Crippen MR) is 91.0 cm³/mol. The summed E-state index contributed by atoms with van der Waals surface area (Å²) in [5.74, 6) is 1.02. The summed E-state index contributed by atoms with van der Waals surface area (Å²) >= 11 is 0. The Balaban J connectivity index is 0.00000441. The number of methoxy groups -OCH3 is 2. The number of nitrogens with one attached hydrogen (secondary N) is 2. The summed E-state index contributed by atoms with van der Waals surface area (Å²) in [6.07, 6.45) is 0.457. The number of hydrogen-bond acceptors (Lipinski definition) is 4. The molecule has 0 spiro atoms. The van der Waals surface area contributed by atoms with Gasteiger partial charge in [0, 0.05) is 33.2 Å². The molecule has 1 rings (SSSR count). The molecule has 2 N–H and O–H groups in total. The first-order valence-electron chi connectivity index (χ1n) is 7.28. The molecule has 1 unspecified atom stereocenters. The van der Waals surface area contributed by atoms with E-state index in [1.165, 1.54) is 0 Å². The smallest absolute Gasteiger partial charge is 0.220 e. The molecule has 1 amide bonds. The predicted octanol–water partition coefficient (Wildman–Crippen LogP) is 1.96. The maximum Gasteiger partial charge on any atom is 0.220 e. The van der Waals surface area contributed by atoms with Crippen LogP contribution in [0.3, 0.4) is 0 Å². The molecule has 1 atom stereocenters. The van der Waals surface area contributed by atoms with E-state index < -0.39 is 0 Å². The van der Waals surface area contributed by atoms with Crippen LogP contribution in [0.2, 0.25) is 0 Å². The topological polar surface area (TPSA) is 59.6 Å². The Kier molecular flexibility index (Phi) is 11.5. The van der Waals surface area contributed by atoms with Gasteiger partial charge in [0.2, 0.25) is 5.91 Å². The second kappa shape index (κ2) is 12.3. The molecule has 0 saturated heterocycles. The van der Waals surface area contributed by atoms with E-state index in [1.807, 2.05) is 31.2 Å². The molecule has 0 aliphatic heterocycles. The van der Waals surface area contributed by atoms with E-state index in [2.05, 4.69) is 10.6 Å². The van der Waals surface area contributed by atoms with Crippen LogP contribution in [-0.4, -0.2) is 46.4 Å². The van der Waals surface area contributed by atoms with Gasteiger partial charge in [-0.2, -0.15) is 0 Å². The first-order chi connectivity index (χ1) is 10.2. The molecule has 126 valence electrons. The van der Waals surface area contributed by atoms with Crippen molar-refractivity contribution in [3.05, 3.63) is 29.8 Å². The van der Waals surface area contributed by atoms with Crippen molar-refractivity contribution in [2.75, 3.05) is 40.5 Å². The number of carbonyl (C=O) groups excluding carboxylic acids is 1. The number of para-hydroxylation sites is 1. The van der Waals surface area contributed by atoms with Gasteiger partial charge in [-0.05, 0) is 17.5 Å². The molecular weight excluding hydrogens is 304 g/mol. The van der Waals surface area contributed by atoms with Crippen molar-refractivity contribution in [2.24, 2.45) is 0 Å². The van der Waals surface area contributed by atoms with Crippen LogP contribution in [0.25, 0.3) is 0 Å². The highest BCUT2D eigenvalue weighted by Crippen LogP contribution is 2.28. The fourth-order valence-electron chi connectivity index (χ4n) is 2.12. The Morgan fingerprint density at radius 2 is 1.91 bits per heavy atom. The molecule has 6 heteroatoms. The average molecular weight is 331 g/mol. The average Bonchev–Trinajstić information content (AvgIpc) is 2.50. The van der Waals surface area contributed by atoms with E-state index in [0.29, 0.717) is 19.6 Å². The lowest BCUT2D eigenvalue weighted by atomic mass is 9.96. The van der Waals surface area contributed by atoms with Gasteiger partial charge in [-0.3, -0.25) is 4.79 Å². The standard InChI is InChI=1S/C16H26N2O3.ClH/c1-13(14-6-4-5-7-15(14)21-3)12-16(19)18-9-8-17-10-11-20-2;/h4-7,13,17H,8-12H2,1-3H3,(H,18,19);1H. The lowest BCUT2D eigenvalue weighted by Crippen LogP contribution is -2.33. The Hall–Kier alpha value is -1.30. The number of ether oxygens (including phenoxy) is 2. The van der Waals surface area contributed by atoms with Gasteiger partial charge in [0.1, 0.15) is 5.75 Å².